The second kappa shape index (κ2) is 4.44. The third kappa shape index (κ3) is 1.78. The van der Waals surface area contributed by atoms with Crippen LogP contribution in [0, 0.1) is 0 Å². The van der Waals surface area contributed by atoms with Gasteiger partial charge < -0.3 is 4.74 Å². The van der Waals surface area contributed by atoms with Gasteiger partial charge in [-0.3, -0.25) is 4.40 Å². The first-order valence-corrected chi connectivity index (χ1v) is 6.36. The molecule has 1 aliphatic carbocycles. The zero-order valence-electron chi connectivity index (χ0n) is 10.4. The average Bonchev–Trinajstić information content (AvgIpc) is 3.04. The van der Waals surface area contributed by atoms with Crippen LogP contribution >= 0.6 is 0 Å². The molecule has 0 amide bonds. The Labute approximate surface area is 106 Å². The molecule has 2 aromatic heterocycles. The molecule has 2 aromatic rings. The summed E-state index contributed by atoms with van der Waals surface area (Å²) in [5.41, 5.74) is 2.45. The molecule has 3 rings (SSSR count). The van der Waals surface area contributed by atoms with E-state index >= 15 is 0 Å². The maximum absolute atomic E-state index is 11.7. The zero-order valence-corrected chi connectivity index (χ0v) is 10.4. The van der Waals surface area contributed by atoms with Gasteiger partial charge >= 0.3 is 5.97 Å². The molecule has 0 saturated heterocycles. The molecule has 0 aliphatic heterocycles. The Balaban J connectivity index is 2.08. The van der Waals surface area contributed by atoms with Crippen molar-refractivity contribution in [3.63, 3.8) is 0 Å². The van der Waals surface area contributed by atoms with E-state index in [-0.39, 0.29) is 5.97 Å². The lowest BCUT2D eigenvalue weighted by molar-refractivity contribution is 0.0592. The molecule has 2 heterocycles. The van der Waals surface area contributed by atoms with E-state index in [1.54, 1.807) is 6.07 Å². The fraction of sp³-hybridized carbons (Fsp3) is 0.429. The van der Waals surface area contributed by atoms with Gasteiger partial charge in [-0.1, -0.05) is 18.9 Å². The number of rotatable bonds is 2. The molecule has 0 radical (unpaired) electrons. The molecule has 1 aliphatic rings. The van der Waals surface area contributed by atoms with Gasteiger partial charge in [-0.15, -0.1) is 0 Å². The maximum Gasteiger partial charge on any atom is 0.355 e. The van der Waals surface area contributed by atoms with Crippen LogP contribution in [0.4, 0.5) is 0 Å². The Hall–Kier alpha value is -1.84. The van der Waals surface area contributed by atoms with Gasteiger partial charge in [-0.05, 0) is 25.0 Å². The van der Waals surface area contributed by atoms with Crippen molar-refractivity contribution < 1.29 is 9.53 Å². The van der Waals surface area contributed by atoms with E-state index in [0.29, 0.717) is 11.6 Å². The lowest BCUT2D eigenvalue weighted by Crippen LogP contribution is -2.06. The van der Waals surface area contributed by atoms with Crippen LogP contribution in [0.3, 0.4) is 0 Å². The summed E-state index contributed by atoms with van der Waals surface area (Å²) >= 11 is 0. The monoisotopic (exact) mass is 244 g/mol. The van der Waals surface area contributed by atoms with Crippen LogP contribution in [0.15, 0.2) is 24.4 Å². The molecule has 94 valence electrons. The van der Waals surface area contributed by atoms with Gasteiger partial charge in [0.15, 0.2) is 0 Å². The van der Waals surface area contributed by atoms with Crippen molar-refractivity contribution in [2.45, 2.75) is 31.6 Å². The zero-order chi connectivity index (χ0) is 12.5. The molecule has 1 fully saturated rings. The number of ether oxygens (including phenoxy) is 1. The summed E-state index contributed by atoms with van der Waals surface area (Å²) in [6.45, 7) is 0. The molecule has 0 unspecified atom stereocenters. The van der Waals surface area contributed by atoms with Crippen molar-refractivity contribution in [1.82, 2.24) is 9.38 Å². The van der Waals surface area contributed by atoms with Crippen LogP contribution in [0.25, 0.3) is 5.65 Å². The number of hydrogen-bond donors (Lipinski definition) is 0. The van der Waals surface area contributed by atoms with Gasteiger partial charge in [0.05, 0.1) is 12.8 Å². The van der Waals surface area contributed by atoms with Crippen molar-refractivity contribution in [1.29, 1.82) is 0 Å². The SMILES string of the molecule is COC(=O)c1cccc2nc(C3CCCC3)cn12. The highest BCUT2D eigenvalue weighted by atomic mass is 16.5. The fourth-order valence-electron chi connectivity index (χ4n) is 2.72. The van der Waals surface area contributed by atoms with E-state index in [0.717, 1.165) is 11.3 Å². The lowest BCUT2D eigenvalue weighted by atomic mass is 10.1. The van der Waals surface area contributed by atoms with Gasteiger partial charge in [-0.2, -0.15) is 0 Å². The van der Waals surface area contributed by atoms with E-state index in [4.69, 9.17) is 4.74 Å². The van der Waals surface area contributed by atoms with Crippen LogP contribution < -0.4 is 0 Å². The Morgan fingerprint density at radius 3 is 2.89 bits per heavy atom. The average molecular weight is 244 g/mol. The molecule has 4 heteroatoms. The number of methoxy groups -OCH3 is 1. The summed E-state index contributed by atoms with van der Waals surface area (Å²) in [6.07, 6.45) is 6.96. The quantitative estimate of drug-likeness (QED) is 0.763. The summed E-state index contributed by atoms with van der Waals surface area (Å²) < 4.78 is 6.62. The second-order valence-corrected chi connectivity index (χ2v) is 4.78. The summed E-state index contributed by atoms with van der Waals surface area (Å²) in [5.74, 6) is 0.228. The Morgan fingerprint density at radius 1 is 1.39 bits per heavy atom. The minimum absolute atomic E-state index is 0.323. The number of carbonyl (C=O) groups excluding carboxylic acids is 1. The minimum Gasteiger partial charge on any atom is -0.464 e. The smallest absolute Gasteiger partial charge is 0.355 e. The summed E-state index contributed by atoms with van der Waals surface area (Å²) in [6, 6.07) is 5.52. The van der Waals surface area contributed by atoms with E-state index in [9.17, 15) is 4.79 Å². The minimum atomic E-state index is -0.323. The number of hydrogen-bond acceptors (Lipinski definition) is 3. The highest BCUT2D eigenvalue weighted by Crippen LogP contribution is 2.33. The number of nitrogens with zero attached hydrogens (tertiary/aromatic N) is 2. The van der Waals surface area contributed by atoms with Gasteiger partial charge in [0.1, 0.15) is 11.3 Å². The van der Waals surface area contributed by atoms with Crippen LogP contribution in [0.1, 0.15) is 47.8 Å². The number of imidazole rings is 1. The third-order valence-corrected chi connectivity index (χ3v) is 3.68. The molecular formula is C14H16N2O2. The number of esters is 1. The van der Waals surface area contributed by atoms with Gasteiger partial charge in [0.25, 0.3) is 0 Å². The maximum atomic E-state index is 11.7. The molecule has 1 saturated carbocycles. The van der Waals surface area contributed by atoms with Crippen LogP contribution in [0.2, 0.25) is 0 Å². The highest BCUT2D eigenvalue weighted by molar-refractivity contribution is 5.88. The predicted molar refractivity (Wildman–Crippen MR) is 67.7 cm³/mol. The van der Waals surface area contributed by atoms with Crippen molar-refractivity contribution in [2.75, 3.05) is 7.11 Å². The van der Waals surface area contributed by atoms with Gasteiger partial charge in [0.2, 0.25) is 0 Å². The molecule has 0 aromatic carbocycles. The molecule has 4 nitrogen and oxygen atoms in total. The summed E-state index contributed by atoms with van der Waals surface area (Å²) in [4.78, 5) is 16.3. The van der Waals surface area contributed by atoms with E-state index in [1.165, 1.54) is 32.8 Å². The number of carbonyl (C=O) groups is 1. The normalized spacial score (nSPS) is 16.3. The van der Waals surface area contributed by atoms with E-state index in [2.05, 4.69) is 4.98 Å². The Bertz CT molecular complexity index is 582. The predicted octanol–water partition coefficient (Wildman–Crippen LogP) is 2.78. The third-order valence-electron chi connectivity index (χ3n) is 3.68. The molecule has 0 atom stereocenters. The fourth-order valence-corrected chi connectivity index (χ4v) is 2.72. The van der Waals surface area contributed by atoms with Crippen LogP contribution in [0.5, 0.6) is 0 Å². The topological polar surface area (TPSA) is 43.6 Å². The van der Waals surface area contributed by atoms with Crippen molar-refractivity contribution >= 4 is 11.6 Å². The first kappa shape index (κ1) is 11.3. The Morgan fingerprint density at radius 2 is 2.17 bits per heavy atom. The second-order valence-electron chi connectivity index (χ2n) is 4.78. The lowest BCUT2D eigenvalue weighted by Gasteiger charge is -2.03. The van der Waals surface area contributed by atoms with Crippen molar-refractivity contribution in [3.8, 4) is 0 Å². The molecule has 18 heavy (non-hydrogen) atoms. The largest absolute Gasteiger partial charge is 0.464 e. The Kier molecular flexibility index (Phi) is 2.78. The number of aromatic nitrogens is 2. The van der Waals surface area contributed by atoms with E-state index in [1.807, 2.05) is 22.7 Å². The number of fused-ring (bicyclic) bond motifs is 1. The molecule has 0 bridgehead atoms. The molecule has 0 spiro atoms. The molecular weight excluding hydrogens is 228 g/mol. The summed E-state index contributed by atoms with van der Waals surface area (Å²) in [7, 11) is 1.40. The standard InChI is InChI=1S/C14H16N2O2/c1-18-14(17)12-7-4-8-13-15-11(9-16(12)13)10-5-2-3-6-10/h4,7-10H,2-3,5-6H2,1H3. The van der Waals surface area contributed by atoms with Gasteiger partial charge in [-0.25, -0.2) is 9.78 Å². The van der Waals surface area contributed by atoms with Crippen LogP contribution in [-0.4, -0.2) is 22.5 Å². The van der Waals surface area contributed by atoms with Gasteiger partial charge in [0, 0.05) is 12.1 Å². The first-order chi connectivity index (χ1) is 8.79. The number of pyridine rings is 1. The highest BCUT2D eigenvalue weighted by Gasteiger charge is 2.21. The first-order valence-electron chi connectivity index (χ1n) is 6.36. The summed E-state index contributed by atoms with van der Waals surface area (Å²) in [5, 5.41) is 0. The molecule has 0 N–H and O–H groups in total. The van der Waals surface area contributed by atoms with Crippen molar-refractivity contribution in [2.24, 2.45) is 0 Å². The van der Waals surface area contributed by atoms with E-state index < -0.39 is 0 Å². The van der Waals surface area contributed by atoms with Crippen molar-refractivity contribution in [3.05, 3.63) is 35.8 Å². The van der Waals surface area contributed by atoms with Crippen LogP contribution in [-0.2, 0) is 4.74 Å².